The molecular weight excluding hydrogens is 110 g/mol. The fourth-order valence-corrected chi connectivity index (χ4v) is 0.225. The van der Waals surface area contributed by atoms with Gasteiger partial charge in [0.05, 0.1) is 6.61 Å². The van der Waals surface area contributed by atoms with Crippen LogP contribution in [-0.4, -0.2) is 23.7 Å². The molecule has 1 amide bonds. The molecule has 5 heteroatoms. The molecule has 0 rings (SSSR count). The molecule has 0 aromatic heterocycles. The average Bonchev–Trinajstić information content (AvgIpc) is 1.69. The number of carbonyl (C=O) groups excluding carboxylic acids is 1. The Hall–Kier alpha value is -0.650. The highest BCUT2D eigenvalue weighted by Crippen LogP contribution is 1.72. The first kappa shape index (κ1) is 7.35. The van der Waals surface area contributed by atoms with Gasteiger partial charge in [0.1, 0.15) is 6.04 Å². The third kappa shape index (κ3) is 1.87. The zero-order valence-electron chi connectivity index (χ0n) is 4.29. The van der Waals surface area contributed by atoms with Crippen molar-refractivity contribution in [2.45, 2.75) is 6.04 Å². The molecule has 0 aliphatic heterocycles. The van der Waals surface area contributed by atoms with Crippen molar-refractivity contribution < 1.29 is 9.90 Å². The van der Waals surface area contributed by atoms with Gasteiger partial charge in [-0.1, -0.05) is 0 Å². The second kappa shape index (κ2) is 3.36. The standard InChI is InChI=1S/C3H9N3O2/c4-3(8)2(1-7)6-5/h2,6-7H,1,5H2,(H2,4,8)/t2-/m0/s1. The maximum atomic E-state index is 10.1. The number of rotatable bonds is 3. The van der Waals surface area contributed by atoms with Crippen LogP contribution in [0.5, 0.6) is 0 Å². The maximum Gasteiger partial charge on any atom is 0.238 e. The first-order chi connectivity index (χ1) is 3.72. The van der Waals surface area contributed by atoms with Crippen LogP contribution in [0.25, 0.3) is 0 Å². The van der Waals surface area contributed by atoms with Crippen molar-refractivity contribution in [3.05, 3.63) is 0 Å². The molecule has 8 heavy (non-hydrogen) atoms. The Morgan fingerprint density at radius 3 is 2.38 bits per heavy atom. The van der Waals surface area contributed by atoms with Gasteiger partial charge in [0.2, 0.25) is 5.91 Å². The minimum atomic E-state index is -0.824. The summed E-state index contributed by atoms with van der Waals surface area (Å²) >= 11 is 0. The summed E-state index contributed by atoms with van der Waals surface area (Å²) in [4.78, 5) is 10.1. The van der Waals surface area contributed by atoms with Crippen molar-refractivity contribution in [3.63, 3.8) is 0 Å². The molecule has 0 aromatic rings. The van der Waals surface area contributed by atoms with E-state index in [1.807, 2.05) is 5.43 Å². The Morgan fingerprint density at radius 2 is 2.38 bits per heavy atom. The number of carbonyl (C=O) groups is 1. The van der Waals surface area contributed by atoms with E-state index in [1.165, 1.54) is 0 Å². The SMILES string of the molecule is NN[C@@H](CO)C(N)=O. The number of nitrogens with one attached hydrogen (secondary N) is 1. The molecule has 6 N–H and O–H groups in total. The van der Waals surface area contributed by atoms with Crippen LogP contribution < -0.4 is 17.0 Å². The van der Waals surface area contributed by atoms with Gasteiger partial charge < -0.3 is 10.8 Å². The highest BCUT2D eigenvalue weighted by atomic mass is 16.3. The molecule has 0 saturated heterocycles. The van der Waals surface area contributed by atoms with Gasteiger partial charge in [-0.25, -0.2) is 5.43 Å². The lowest BCUT2D eigenvalue weighted by Crippen LogP contribution is -2.47. The van der Waals surface area contributed by atoms with Gasteiger partial charge in [0.15, 0.2) is 0 Å². The minimum Gasteiger partial charge on any atom is -0.394 e. The summed E-state index contributed by atoms with van der Waals surface area (Å²) in [5.41, 5.74) is 6.74. The van der Waals surface area contributed by atoms with Gasteiger partial charge in [-0.3, -0.25) is 10.6 Å². The van der Waals surface area contributed by atoms with Crippen molar-refractivity contribution in [2.75, 3.05) is 6.61 Å². The molecule has 0 aliphatic rings. The normalized spacial score (nSPS) is 13.2. The summed E-state index contributed by atoms with van der Waals surface area (Å²) in [6.07, 6.45) is 0. The van der Waals surface area contributed by atoms with E-state index in [1.54, 1.807) is 0 Å². The van der Waals surface area contributed by atoms with Gasteiger partial charge >= 0.3 is 0 Å². The summed E-state index contributed by atoms with van der Waals surface area (Å²) in [6.45, 7) is -0.369. The summed E-state index contributed by atoms with van der Waals surface area (Å²) in [7, 11) is 0. The van der Waals surface area contributed by atoms with Crippen molar-refractivity contribution in [3.8, 4) is 0 Å². The van der Waals surface area contributed by atoms with E-state index in [9.17, 15) is 4.79 Å². The topological polar surface area (TPSA) is 101 Å². The van der Waals surface area contributed by atoms with Gasteiger partial charge in [-0.2, -0.15) is 0 Å². The number of nitrogens with two attached hydrogens (primary N) is 2. The van der Waals surface area contributed by atoms with Gasteiger partial charge in [-0.05, 0) is 0 Å². The fraction of sp³-hybridized carbons (Fsp3) is 0.667. The molecule has 0 radical (unpaired) electrons. The van der Waals surface area contributed by atoms with Gasteiger partial charge in [0.25, 0.3) is 0 Å². The monoisotopic (exact) mass is 119 g/mol. The minimum absolute atomic E-state index is 0.369. The predicted octanol–water partition coefficient (Wildman–Crippen LogP) is -2.70. The number of aliphatic hydroxyl groups excluding tert-OH is 1. The first-order valence-electron chi connectivity index (χ1n) is 2.08. The molecule has 5 nitrogen and oxygen atoms in total. The molecule has 0 aromatic carbocycles. The van der Waals surface area contributed by atoms with Gasteiger partial charge in [0, 0.05) is 0 Å². The number of aliphatic hydroxyl groups is 1. The van der Waals surface area contributed by atoms with Crippen LogP contribution in [0.3, 0.4) is 0 Å². The third-order valence-corrected chi connectivity index (χ3v) is 0.727. The number of primary amides is 1. The van der Waals surface area contributed by atoms with E-state index in [0.717, 1.165) is 0 Å². The second-order valence-electron chi connectivity index (χ2n) is 1.30. The van der Waals surface area contributed by atoms with E-state index >= 15 is 0 Å². The zero-order chi connectivity index (χ0) is 6.57. The molecule has 0 aliphatic carbocycles. The molecule has 0 fully saturated rings. The Labute approximate surface area is 46.6 Å². The van der Waals surface area contributed by atoms with Crippen LogP contribution in [0.15, 0.2) is 0 Å². The van der Waals surface area contributed by atoms with Crippen molar-refractivity contribution in [1.82, 2.24) is 5.43 Å². The van der Waals surface area contributed by atoms with Crippen molar-refractivity contribution >= 4 is 5.91 Å². The highest BCUT2D eigenvalue weighted by molar-refractivity contribution is 5.79. The van der Waals surface area contributed by atoms with Gasteiger partial charge in [-0.15, -0.1) is 0 Å². The molecule has 0 saturated carbocycles. The molecule has 0 bridgehead atoms. The zero-order valence-corrected chi connectivity index (χ0v) is 4.29. The number of amides is 1. The van der Waals surface area contributed by atoms with Crippen LogP contribution in [0.2, 0.25) is 0 Å². The van der Waals surface area contributed by atoms with Crippen LogP contribution in [0, 0.1) is 0 Å². The Kier molecular flexibility index (Phi) is 3.09. The molecule has 0 unspecified atom stereocenters. The molecule has 1 atom stereocenters. The fourth-order valence-electron chi connectivity index (χ4n) is 0.225. The number of hydrazine groups is 1. The number of hydrogen-bond donors (Lipinski definition) is 4. The molecule has 48 valence electrons. The van der Waals surface area contributed by atoms with E-state index in [2.05, 4.69) is 0 Å². The maximum absolute atomic E-state index is 10.1. The summed E-state index contributed by atoms with van der Waals surface area (Å²) in [6, 6.07) is -0.824. The lowest BCUT2D eigenvalue weighted by atomic mass is 10.3. The second-order valence-corrected chi connectivity index (χ2v) is 1.30. The third-order valence-electron chi connectivity index (χ3n) is 0.727. The largest absolute Gasteiger partial charge is 0.394 e. The smallest absolute Gasteiger partial charge is 0.238 e. The van der Waals surface area contributed by atoms with Crippen LogP contribution in [-0.2, 0) is 4.79 Å². The molecular formula is C3H9N3O2. The Bertz CT molecular complexity index is 80.6. The Balaban J connectivity index is 3.52. The van der Waals surface area contributed by atoms with Crippen molar-refractivity contribution in [1.29, 1.82) is 0 Å². The van der Waals surface area contributed by atoms with E-state index in [4.69, 9.17) is 16.7 Å². The van der Waals surface area contributed by atoms with E-state index in [-0.39, 0.29) is 6.61 Å². The average molecular weight is 119 g/mol. The van der Waals surface area contributed by atoms with Crippen LogP contribution in [0.4, 0.5) is 0 Å². The quantitative estimate of drug-likeness (QED) is 0.240. The Morgan fingerprint density at radius 1 is 1.88 bits per heavy atom. The number of hydrogen-bond acceptors (Lipinski definition) is 4. The van der Waals surface area contributed by atoms with E-state index < -0.39 is 11.9 Å². The van der Waals surface area contributed by atoms with Crippen molar-refractivity contribution in [2.24, 2.45) is 11.6 Å². The lowest BCUT2D eigenvalue weighted by molar-refractivity contribution is -0.120. The van der Waals surface area contributed by atoms with Crippen LogP contribution >= 0.6 is 0 Å². The van der Waals surface area contributed by atoms with E-state index in [0.29, 0.717) is 0 Å². The summed E-state index contributed by atoms with van der Waals surface area (Å²) in [5, 5.41) is 8.25. The summed E-state index contributed by atoms with van der Waals surface area (Å²) in [5.74, 6) is 4.12. The highest BCUT2D eigenvalue weighted by Gasteiger charge is 2.09. The summed E-state index contributed by atoms with van der Waals surface area (Å²) < 4.78 is 0. The van der Waals surface area contributed by atoms with Crippen LogP contribution in [0.1, 0.15) is 0 Å². The molecule has 0 heterocycles. The first-order valence-corrected chi connectivity index (χ1v) is 2.08. The lowest BCUT2D eigenvalue weighted by Gasteiger charge is -2.05. The molecule has 0 spiro atoms. The predicted molar refractivity (Wildman–Crippen MR) is 27.4 cm³/mol.